The minimum Gasteiger partial charge on any atom is -0.398 e. The fourth-order valence-electron chi connectivity index (χ4n) is 3.63. The van der Waals surface area contributed by atoms with Crippen LogP contribution >= 0.6 is 46.4 Å². The van der Waals surface area contributed by atoms with Gasteiger partial charge in [0.25, 0.3) is 0 Å². The lowest BCUT2D eigenvalue weighted by atomic mass is 9.92. The number of halogens is 4. The third-order valence-electron chi connectivity index (χ3n) is 5.19. The molecule has 2 aromatic rings. The molecule has 0 aliphatic heterocycles. The van der Waals surface area contributed by atoms with Crippen molar-refractivity contribution in [1.82, 2.24) is 0 Å². The third-order valence-corrected chi connectivity index (χ3v) is 7.01. The van der Waals surface area contributed by atoms with Crippen LogP contribution in [0.5, 0.6) is 0 Å². The quantitative estimate of drug-likeness (QED) is 0.456. The van der Waals surface area contributed by atoms with E-state index in [2.05, 4.69) is 0 Å². The first kappa shape index (κ1) is 22.5. The Morgan fingerprint density at radius 2 is 0.704 bits per heavy atom. The summed E-state index contributed by atoms with van der Waals surface area (Å²) < 4.78 is 0. The molecule has 148 valence electrons. The third kappa shape index (κ3) is 3.87. The van der Waals surface area contributed by atoms with E-state index >= 15 is 0 Å². The van der Waals surface area contributed by atoms with Crippen LogP contribution in [0.15, 0.2) is 0 Å². The van der Waals surface area contributed by atoms with E-state index in [-0.39, 0.29) is 0 Å². The van der Waals surface area contributed by atoms with Gasteiger partial charge in [-0.15, -0.1) is 0 Å². The predicted octanol–water partition coefficient (Wildman–Crippen LogP) is 7.31. The maximum atomic E-state index is 6.71. The van der Waals surface area contributed by atoms with Gasteiger partial charge in [0.2, 0.25) is 0 Å². The minimum atomic E-state index is 0.440. The highest BCUT2D eigenvalue weighted by atomic mass is 35.5. The molecule has 0 atom stereocenters. The molecule has 2 rings (SSSR count). The van der Waals surface area contributed by atoms with Crippen molar-refractivity contribution >= 4 is 57.8 Å². The lowest BCUT2D eigenvalue weighted by Crippen LogP contribution is -2.08. The molecular formula is C21H26Cl4N2. The summed E-state index contributed by atoms with van der Waals surface area (Å²) in [6.07, 6.45) is 3.35. The van der Waals surface area contributed by atoms with Gasteiger partial charge in [0.05, 0.1) is 20.1 Å². The van der Waals surface area contributed by atoms with E-state index in [0.29, 0.717) is 37.9 Å². The number of nitrogens with two attached hydrogens (primary N) is 2. The number of hydrogen-bond acceptors (Lipinski definition) is 2. The molecule has 4 N–H and O–H groups in total. The second kappa shape index (κ2) is 9.13. The number of nitrogen functional groups attached to an aromatic ring is 2. The van der Waals surface area contributed by atoms with Gasteiger partial charge in [-0.3, -0.25) is 0 Å². The van der Waals surface area contributed by atoms with Crippen molar-refractivity contribution in [2.75, 3.05) is 11.5 Å². The Morgan fingerprint density at radius 1 is 0.481 bits per heavy atom. The summed E-state index contributed by atoms with van der Waals surface area (Å²) in [5, 5.41) is 2.38. The van der Waals surface area contributed by atoms with Crippen LogP contribution in [-0.2, 0) is 32.1 Å². The molecule has 2 aromatic carbocycles. The van der Waals surface area contributed by atoms with Gasteiger partial charge in [0.1, 0.15) is 0 Å². The lowest BCUT2D eigenvalue weighted by molar-refractivity contribution is 1.04. The van der Waals surface area contributed by atoms with Gasteiger partial charge in [-0.1, -0.05) is 74.1 Å². The second-order valence-electron chi connectivity index (χ2n) is 6.55. The first-order chi connectivity index (χ1) is 12.7. The fraction of sp³-hybridized carbons (Fsp3) is 0.429. The first-order valence-electron chi connectivity index (χ1n) is 9.28. The zero-order valence-corrected chi connectivity index (χ0v) is 19.2. The summed E-state index contributed by atoms with van der Waals surface area (Å²) in [6.45, 7) is 8.12. The van der Waals surface area contributed by atoms with Crippen LogP contribution in [0.4, 0.5) is 11.4 Å². The van der Waals surface area contributed by atoms with Gasteiger partial charge in [0.15, 0.2) is 0 Å². The number of benzene rings is 2. The molecule has 0 bridgehead atoms. The molecule has 6 heteroatoms. The molecule has 0 heterocycles. The Morgan fingerprint density at radius 3 is 0.889 bits per heavy atom. The Kier molecular flexibility index (Phi) is 7.61. The maximum Gasteiger partial charge on any atom is 0.0508 e. The molecule has 0 aromatic heterocycles. The van der Waals surface area contributed by atoms with E-state index in [1.165, 1.54) is 0 Å². The predicted molar refractivity (Wildman–Crippen MR) is 122 cm³/mol. The zero-order chi connectivity index (χ0) is 20.5. The smallest absolute Gasteiger partial charge is 0.0508 e. The summed E-state index contributed by atoms with van der Waals surface area (Å²) in [7, 11) is 0. The molecule has 2 nitrogen and oxygen atoms in total. The van der Waals surface area contributed by atoms with Crippen LogP contribution in [0.25, 0.3) is 0 Å². The largest absolute Gasteiger partial charge is 0.398 e. The van der Waals surface area contributed by atoms with Gasteiger partial charge in [-0.05, 0) is 59.1 Å². The van der Waals surface area contributed by atoms with Crippen LogP contribution in [0.2, 0.25) is 20.1 Å². The molecule has 0 saturated heterocycles. The Labute approximate surface area is 182 Å². The topological polar surface area (TPSA) is 52.0 Å². The second-order valence-corrected chi connectivity index (χ2v) is 8.06. The van der Waals surface area contributed by atoms with Crippen molar-refractivity contribution in [2.24, 2.45) is 0 Å². The highest BCUT2D eigenvalue weighted by molar-refractivity contribution is 6.39. The van der Waals surface area contributed by atoms with Crippen molar-refractivity contribution in [2.45, 2.75) is 59.8 Å². The van der Waals surface area contributed by atoms with E-state index in [4.69, 9.17) is 57.9 Å². The molecule has 0 spiro atoms. The molecule has 0 amide bonds. The molecule has 27 heavy (non-hydrogen) atoms. The van der Waals surface area contributed by atoms with Gasteiger partial charge < -0.3 is 11.5 Å². The molecule has 0 fully saturated rings. The van der Waals surface area contributed by atoms with Crippen molar-refractivity contribution < 1.29 is 0 Å². The molecule has 0 aliphatic rings. The van der Waals surface area contributed by atoms with Crippen LogP contribution in [0.1, 0.15) is 61.1 Å². The summed E-state index contributed by atoms with van der Waals surface area (Å²) in [5.41, 5.74) is 19.3. The highest BCUT2D eigenvalue weighted by Gasteiger charge is 2.24. The Bertz CT molecular complexity index is 742. The van der Waals surface area contributed by atoms with Crippen LogP contribution in [0.3, 0.4) is 0 Å². The Hall–Kier alpha value is -0.800. The zero-order valence-electron chi connectivity index (χ0n) is 16.2. The highest BCUT2D eigenvalue weighted by Crippen LogP contribution is 2.43. The standard InChI is InChI=1S/C21H26Cl4N2/c1-5-10-16(22)14(17(23)11(6-2)20(10)26)9-15-18(24)12(7-3)21(27)13(8-4)19(15)25/h5-9,26-27H2,1-4H3. The Balaban J connectivity index is 2.78. The normalized spacial score (nSPS) is 11.3. The van der Waals surface area contributed by atoms with E-state index < -0.39 is 0 Å². The molecule has 0 radical (unpaired) electrons. The van der Waals surface area contributed by atoms with Gasteiger partial charge in [-0.25, -0.2) is 0 Å². The molecule has 0 unspecified atom stereocenters. The first-order valence-corrected chi connectivity index (χ1v) is 10.8. The van der Waals surface area contributed by atoms with E-state index in [1.807, 2.05) is 27.7 Å². The van der Waals surface area contributed by atoms with Crippen molar-refractivity contribution in [3.63, 3.8) is 0 Å². The number of rotatable bonds is 6. The number of hydrogen-bond donors (Lipinski definition) is 2. The van der Waals surface area contributed by atoms with Crippen LogP contribution < -0.4 is 11.5 Å². The molecule has 0 aliphatic carbocycles. The fourth-order valence-corrected chi connectivity index (χ4v) is 5.31. The van der Waals surface area contributed by atoms with E-state index in [9.17, 15) is 0 Å². The number of anilines is 2. The summed E-state index contributed by atoms with van der Waals surface area (Å²) in [5.74, 6) is 0. The van der Waals surface area contributed by atoms with Crippen molar-refractivity contribution in [3.8, 4) is 0 Å². The average molecular weight is 448 g/mol. The SMILES string of the molecule is CCc1c(N)c(CC)c(Cl)c(Cc2c(Cl)c(CC)c(N)c(CC)c2Cl)c1Cl. The average Bonchev–Trinajstić information content (AvgIpc) is 2.62. The van der Waals surface area contributed by atoms with Gasteiger partial charge in [-0.2, -0.15) is 0 Å². The van der Waals surface area contributed by atoms with Crippen molar-refractivity contribution in [1.29, 1.82) is 0 Å². The monoisotopic (exact) mass is 446 g/mol. The molecule has 0 saturated carbocycles. The van der Waals surface area contributed by atoms with Crippen molar-refractivity contribution in [3.05, 3.63) is 53.5 Å². The summed E-state index contributed by atoms with van der Waals surface area (Å²) in [4.78, 5) is 0. The van der Waals surface area contributed by atoms with Gasteiger partial charge in [0, 0.05) is 17.8 Å². The van der Waals surface area contributed by atoms with Crippen LogP contribution in [-0.4, -0.2) is 0 Å². The van der Waals surface area contributed by atoms with Crippen LogP contribution in [0, 0.1) is 0 Å². The summed E-state index contributed by atoms with van der Waals surface area (Å²) >= 11 is 26.8. The maximum absolute atomic E-state index is 6.71. The van der Waals surface area contributed by atoms with Gasteiger partial charge >= 0.3 is 0 Å². The lowest BCUT2D eigenvalue weighted by Gasteiger charge is -2.22. The van der Waals surface area contributed by atoms with E-state index in [1.54, 1.807) is 0 Å². The minimum absolute atomic E-state index is 0.440. The van der Waals surface area contributed by atoms with E-state index in [0.717, 1.165) is 59.1 Å². The molecular weight excluding hydrogens is 422 g/mol. The summed E-state index contributed by atoms with van der Waals surface area (Å²) in [6, 6.07) is 0.